The summed E-state index contributed by atoms with van der Waals surface area (Å²) in [5, 5.41) is 7.71. The van der Waals surface area contributed by atoms with Gasteiger partial charge in [-0.25, -0.2) is 0 Å². The van der Waals surface area contributed by atoms with E-state index in [4.69, 9.17) is 0 Å². The van der Waals surface area contributed by atoms with Gasteiger partial charge in [-0.15, -0.1) is 0 Å². The average Bonchev–Trinajstić information content (AvgIpc) is 2.50. The predicted molar refractivity (Wildman–Crippen MR) is 96.6 cm³/mol. The van der Waals surface area contributed by atoms with E-state index in [-0.39, 0.29) is 0 Å². The van der Waals surface area contributed by atoms with E-state index in [0.29, 0.717) is 0 Å². The molecule has 0 unspecified atom stereocenters. The van der Waals surface area contributed by atoms with Gasteiger partial charge in [-0.1, -0.05) is 36.4 Å². The second kappa shape index (κ2) is 4.63. The monoisotopic (exact) mass is 369 g/mol. The largest absolute Gasteiger partial charge is 0.328 e. The van der Waals surface area contributed by atoms with E-state index < -0.39 is 0 Å². The minimum Gasteiger partial charge on any atom is -0.328 e. The lowest BCUT2D eigenvalue weighted by atomic mass is 9.99. The van der Waals surface area contributed by atoms with Gasteiger partial charge in [0.25, 0.3) is 0 Å². The van der Waals surface area contributed by atoms with Crippen LogP contribution in [0, 0.1) is 0 Å². The van der Waals surface area contributed by atoms with Crippen molar-refractivity contribution in [2.24, 2.45) is 0 Å². The molecule has 0 heterocycles. The Morgan fingerprint density at radius 3 is 1.90 bits per heavy atom. The average molecular weight is 369 g/mol. The Balaban J connectivity index is 2.15. The zero-order valence-corrected chi connectivity index (χ0v) is 12.9. The van der Waals surface area contributed by atoms with E-state index in [9.17, 15) is 0 Å². The molecule has 0 fully saturated rings. The Labute approximate surface area is 131 Å². The Kier molecular flexibility index (Phi) is 2.77. The Morgan fingerprint density at radius 2 is 1.20 bits per heavy atom. The zero-order chi connectivity index (χ0) is 13.5. The van der Waals surface area contributed by atoms with Crippen LogP contribution < -0.4 is 3.53 Å². The summed E-state index contributed by atoms with van der Waals surface area (Å²) >= 11 is 2.19. The van der Waals surface area contributed by atoms with Crippen LogP contribution in [0.15, 0.2) is 66.7 Å². The number of hydrogen-bond donors (Lipinski definition) is 1. The molecular formula is C18H12IN. The molecule has 1 N–H and O–H groups in total. The molecule has 0 atom stereocenters. The normalized spacial score (nSPS) is 11.2. The van der Waals surface area contributed by atoms with E-state index in [0.717, 1.165) is 5.69 Å². The molecule has 4 aromatic rings. The van der Waals surface area contributed by atoms with Crippen molar-refractivity contribution in [1.29, 1.82) is 0 Å². The van der Waals surface area contributed by atoms with Crippen molar-refractivity contribution in [3.63, 3.8) is 0 Å². The highest BCUT2D eigenvalue weighted by Crippen LogP contribution is 2.31. The van der Waals surface area contributed by atoms with Crippen molar-refractivity contribution in [2.75, 3.05) is 3.53 Å². The van der Waals surface area contributed by atoms with Crippen molar-refractivity contribution < 1.29 is 0 Å². The molecule has 0 amide bonds. The van der Waals surface area contributed by atoms with Crippen LogP contribution in [-0.4, -0.2) is 0 Å². The molecule has 0 bridgehead atoms. The number of halogens is 1. The fourth-order valence-electron chi connectivity index (χ4n) is 2.80. The summed E-state index contributed by atoms with van der Waals surface area (Å²) in [4.78, 5) is 0. The van der Waals surface area contributed by atoms with Crippen LogP contribution in [0.4, 0.5) is 5.69 Å². The van der Waals surface area contributed by atoms with E-state index in [1.807, 2.05) is 0 Å². The predicted octanol–water partition coefficient (Wildman–Crippen LogP) is 5.91. The molecule has 0 aliphatic rings. The van der Waals surface area contributed by atoms with Crippen LogP contribution in [0.5, 0.6) is 0 Å². The first-order valence-electron chi connectivity index (χ1n) is 6.57. The summed E-state index contributed by atoms with van der Waals surface area (Å²) in [5.74, 6) is 0. The second-order valence-corrected chi connectivity index (χ2v) is 5.56. The summed E-state index contributed by atoms with van der Waals surface area (Å²) in [5.41, 5.74) is 1.16. The smallest absolute Gasteiger partial charge is 0.0560 e. The highest BCUT2D eigenvalue weighted by atomic mass is 127. The summed E-state index contributed by atoms with van der Waals surface area (Å²) in [6, 6.07) is 24.0. The third-order valence-electron chi connectivity index (χ3n) is 3.80. The SMILES string of the molecule is INc1cccc2cc3cc4ccccc4cc3cc12. The third-order valence-corrected chi connectivity index (χ3v) is 4.38. The maximum atomic E-state index is 3.24. The summed E-state index contributed by atoms with van der Waals surface area (Å²) in [6.45, 7) is 0. The second-order valence-electron chi connectivity index (χ2n) is 5.02. The van der Waals surface area contributed by atoms with Gasteiger partial charge in [0, 0.05) is 5.39 Å². The van der Waals surface area contributed by atoms with Crippen LogP contribution in [0.1, 0.15) is 0 Å². The molecule has 0 spiro atoms. The highest BCUT2D eigenvalue weighted by molar-refractivity contribution is 14.1. The number of fused-ring (bicyclic) bond motifs is 3. The summed E-state index contributed by atoms with van der Waals surface area (Å²) in [7, 11) is 0. The van der Waals surface area contributed by atoms with Crippen molar-refractivity contribution in [3.05, 3.63) is 66.7 Å². The lowest BCUT2D eigenvalue weighted by molar-refractivity contribution is 1.76. The van der Waals surface area contributed by atoms with Crippen LogP contribution in [-0.2, 0) is 0 Å². The molecule has 0 aromatic heterocycles. The fourth-order valence-corrected chi connectivity index (χ4v) is 3.27. The quantitative estimate of drug-likeness (QED) is 0.250. The standard InChI is InChI=1S/C18H12IN/c19-20-18-7-3-6-14-10-15-8-12-4-1-2-5-13(12)9-16(15)11-17(14)18/h1-11,20H. The number of rotatable bonds is 1. The maximum Gasteiger partial charge on any atom is 0.0560 e. The van der Waals surface area contributed by atoms with Crippen LogP contribution >= 0.6 is 22.9 Å². The van der Waals surface area contributed by atoms with E-state index in [1.165, 1.54) is 32.3 Å². The Hall–Kier alpha value is -1.81. The third kappa shape index (κ3) is 1.83. The summed E-state index contributed by atoms with van der Waals surface area (Å²) < 4.78 is 3.24. The number of benzene rings is 4. The van der Waals surface area contributed by atoms with E-state index in [1.54, 1.807) is 0 Å². The number of nitrogens with one attached hydrogen (secondary N) is 1. The molecule has 0 saturated carbocycles. The number of anilines is 1. The van der Waals surface area contributed by atoms with E-state index in [2.05, 4.69) is 93.1 Å². The van der Waals surface area contributed by atoms with Gasteiger partial charge < -0.3 is 3.53 Å². The first kappa shape index (κ1) is 12.0. The van der Waals surface area contributed by atoms with Crippen molar-refractivity contribution in [3.8, 4) is 0 Å². The van der Waals surface area contributed by atoms with Gasteiger partial charge in [0.2, 0.25) is 0 Å². The molecule has 0 saturated heterocycles. The van der Waals surface area contributed by atoms with Gasteiger partial charge >= 0.3 is 0 Å². The zero-order valence-electron chi connectivity index (χ0n) is 10.7. The van der Waals surface area contributed by atoms with Gasteiger partial charge in [-0.05, 0) is 57.3 Å². The molecule has 0 aliphatic carbocycles. The van der Waals surface area contributed by atoms with Crippen LogP contribution in [0.3, 0.4) is 0 Å². The fraction of sp³-hybridized carbons (Fsp3) is 0. The molecule has 0 aliphatic heterocycles. The van der Waals surface area contributed by atoms with Gasteiger partial charge in [0.1, 0.15) is 0 Å². The van der Waals surface area contributed by atoms with Crippen molar-refractivity contribution >= 4 is 60.9 Å². The van der Waals surface area contributed by atoms with Gasteiger partial charge in [0.05, 0.1) is 28.6 Å². The van der Waals surface area contributed by atoms with Crippen LogP contribution in [0.2, 0.25) is 0 Å². The first-order chi connectivity index (χ1) is 9.85. The minimum atomic E-state index is 1.16. The molecule has 0 radical (unpaired) electrons. The molecule has 20 heavy (non-hydrogen) atoms. The van der Waals surface area contributed by atoms with Crippen LogP contribution in [0.25, 0.3) is 32.3 Å². The van der Waals surface area contributed by atoms with Gasteiger partial charge in [-0.3, -0.25) is 0 Å². The topological polar surface area (TPSA) is 12.0 Å². The highest BCUT2D eigenvalue weighted by Gasteiger charge is 2.03. The molecule has 4 aromatic carbocycles. The molecule has 1 nitrogen and oxygen atoms in total. The molecule has 4 rings (SSSR count). The minimum absolute atomic E-state index is 1.16. The lowest BCUT2D eigenvalue weighted by Crippen LogP contribution is -1.83. The maximum absolute atomic E-state index is 3.24. The van der Waals surface area contributed by atoms with E-state index >= 15 is 0 Å². The molecule has 2 heteroatoms. The summed E-state index contributed by atoms with van der Waals surface area (Å²) in [6.07, 6.45) is 0. The Morgan fingerprint density at radius 1 is 0.600 bits per heavy atom. The first-order valence-corrected chi connectivity index (χ1v) is 7.65. The Bertz CT molecular complexity index is 944. The van der Waals surface area contributed by atoms with Crippen molar-refractivity contribution in [2.45, 2.75) is 0 Å². The van der Waals surface area contributed by atoms with Gasteiger partial charge in [0.15, 0.2) is 0 Å². The molecular weight excluding hydrogens is 357 g/mol. The van der Waals surface area contributed by atoms with Crippen molar-refractivity contribution in [1.82, 2.24) is 0 Å². The lowest BCUT2D eigenvalue weighted by Gasteiger charge is -2.08. The molecule has 96 valence electrons. The number of hydrogen-bond acceptors (Lipinski definition) is 1. The van der Waals surface area contributed by atoms with Gasteiger partial charge in [-0.2, -0.15) is 0 Å².